The zero-order valence-electron chi connectivity index (χ0n) is 14.0. The molecule has 0 bridgehead atoms. The van der Waals surface area contributed by atoms with Gasteiger partial charge < -0.3 is 10.0 Å². The molecule has 4 nitrogen and oxygen atoms in total. The molecule has 0 radical (unpaired) electrons. The first-order valence-corrected chi connectivity index (χ1v) is 8.23. The third-order valence-corrected chi connectivity index (χ3v) is 4.73. The Hall–Kier alpha value is -2.47. The molecule has 2 aromatic rings. The minimum Gasteiger partial charge on any atom is -0.465 e. The van der Waals surface area contributed by atoms with E-state index in [-0.39, 0.29) is 11.6 Å². The Morgan fingerprint density at radius 1 is 1.20 bits per heavy atom. The van der Waals surface area contributed by atoms with Crippen molar-refractivity contribution in [2.24, 2.45) is 0 Å². The van der Waals surface area contributed by atoms with Crippen LogP contribution in [-0.2, 0) is 0 Å². The van der Waals surface area contributed by atoms with E-state index in [2.05, 4.69) is 4.90 Å². The van der Waals surface area contributed by atoms with Gasteiger partial charge in [0.15, 0.2) is 11.6 Å². The van der Waals surface area contributed by atoms with Crippen LogP contribution in [0.1, 0.15) is 12.8 Å². The minimum atomic E-state index is -1.11. The highest BCUT2D eigenvalue weighted by Crippen LogP contribution is 2.34. The van der Waals surface area contributed by atoms with Crippen molar-refractivity contribution in [3.8, 4) is 11.1 Å². The lowest BCUT2D eigenvalue weighted by atomic mass is 10.0. The van der Waals surface area contributed by atoms with Gasteiger partial charge in [-0.05, 0) is 38.6 Å². The van der Waals surface area contributed by atoms with E-state index in [0.717, 1.165) is 25.5 Å². The molecular formula is C19H20F2N2O2. The number of likely N-dealkylation sites (tertiary alicyclic amines) is 1. The molecule has 1 N–H and O–H groups in total. The molecule has 6 heteroatoms. The summed E-state index contributed by atoms with van der Waals surface area (Å²) >= 11 is 0. The predicted molar refractivity (Wildman–Crippen MR) is 92.8 cm³/mol. The molecule has 1 saturated heterocycles. The van der Waals surface area contributed by atoms with Gasteiger partial charge in [-0.3, -0.25) is 4.90 Å². The minimum absolute atomic E-state index is 0.0571. The maximum Gasteiger partial charge on any atom is 0.411 e. The Morgan fingerprint density at radius 3 is 2.60 bits per heavy atom. The number of anilines is 1. The molecule has 1 amide bonds. The van der Waals surface area contributed by atoms with Gasteiger partial charge in [0.05, 0.1) is 5.69 Å². The molecule has 0 aliphatic carbocycles. The van der Waals surface area contributed by atoms with E-state index in [9.17, 15) is 18.7 Å². The number of para-hydroxylation sites is 1. The van der Waals surface area contributed by atoms with Crippen molar-refractivity contribution in [1.82, 2.24) is 4.90 Å². The van der Waals surface area contributed by atoms with Gasteiger partial charge >= 0.3 is 6.09 Å². The highest BCUT2D eigenvalue weighted by Gasteiger charge is 2.28. The Balaban J connectivity index is 2.03. The number of nitrogens with zero attached hydrogens (tertiary/aromatic N) is 2. The van der Waals surface area contributed by atoms with Crippen molar-refractivity contribution in [3.05, 3.63) is 54.1 Å². The lowest BCUT2D eigenvalue weighted by Crippen LogP contribution is -2.41. The molecule has 1 heterocycles. The summed E-state index contributed by atoms with van der Waals surface area (Å²) in [6.07, 6.45) is 0.829. The number of halogens is 2. The normalized spacial score (nSPS) is 17.6. The maximum atomic E-state index is 14.2. The van der Waals surface area contributed by atoms with Crippen LogP contribution >= 0.6 is 0 Å². The molecule has 25 heavy (non-hydrogen) atoms. The molecule has 0 saturated carbocycles. The summed E-state index contributed by atoms with van der Waals surface area (Å²) in [5, 5.41) is 9.71. The van der Waals surface area contributed by atoms with Crippen LogP contribution in [0.2, 0.25) is 0 Å². The third-order valence-electron chi connectivity index (χ3n) is 4.73. The number of carbonyl (C=O) groups is 1. The molecule has 0 spiro atoms. The van der Waals surface area contributed by atoms with Gasteiger partial charge in [0, 0.05) is 23.7 Å². The van der Waals surface area contributed by atoms with Crippen molar-refractivity contribution in [3.63, 3.8) is 0 Å². The second-order valence-corrected chi connectivity index (χ2v) is 6.29. The summed E-state index contributed by atoms with van der Waals surface area (Å²) in [4.78, 5) is 15.2. The highest BCUT2D eigenvalue weighted by molar-refractivity contribution is 5.93. The molecule has 1 aliphatic rings. The van der Waals surface area contributed by atoms with Crippen LogP contribution in [-0.4, -0.2) is 42.3 Å². The number of rotatable bonds is 4. The van der Waals surface area contributed by atoms with Crippen LogP contribution in [0.15, 0.2) is 42.5 Å². The van der Waals surface area contributed by atoms with Gasteiger partial charge in [0.25, 0.3) is 0 Å². The largest absolute Gasteiger partial charge is 0.465 e. The molecule has 1 aliphatic heterocycles. The van der Waals surface area contributed by atoms with E-state index < -0.39 is 17.7 Å². The van der Waals surface area contributed by atoms with Crippen LogP contribution in [0.3, 0.4) is 0 Å². The van der Waals surface area contributed by atoms with Crippen molar-refractivity contribution < 1.29 is 18.7 Å². The number of benzene rings is 2. The Bertz CT molecular complexity index is 782. The Morgan fingerprint density at radius 2 is 1.92 bits per heavy atom. The van der Waals surface area contributed by atoms with Gasteiger partial charge in [-0.1, -0.05) is 30.3 Å². The summed E-state index contributed by atoms with van der Waals surface area (Å²) in [5.74, 6) is -1.93. The zero-order valence-corrected chi connectivity index (χ0v) is 14.0. The lowest BCUT2D eigenvalue weighted by molar-refractivity contribution is 0.198. The maximum absolute atomic E-state index is 14.2. The van der Waals surface area contributed by atoms with Gasteiger partial charge in [-0.15, -0.1) is 0 Å². The predicted octanol–water partition coefficient (Wildman–Crippen LogP) is 4.21. The fraction of sp³-hybridized carbons (Fsp3) is 0.316. The lowest BCUT2D eigenvalue weighted by Gasteiger charge is -2.28. The summed E-state index contributed by atoms with van der Waals surface area (Å²) in [5.41, 5.74) is 0.781. The number of amides is 1. The summed E-state index contributed by atoms with van der Waals surface area (Å²) < 4.78 is 27.9. The molecule has 132 valence electrons. The summed E-state index contributed by atoms with van der Waals surface area (Å²) in [6.45, 7) is 1.22. The van der Waals surface area contributed by atoms with Gasteiger partial charge in [-0.25, -0.2) is 13.6 Å². The van der Waals surface area contributed by atoms with Crippen molar-refractivity contribution in [2.75, 3.05) is 25.0 Å². The molecule has 1 fully saturated rings. The zero-order chi connectivity index (χ0) is 18.0. The fourth-order valence-corrected chi connectivity index (χ4v) is 3.35. The van der Waals surface area contributed by atoms with Crippen LogP contribution in [0, 0.1) is 11.6 Å². The van der Waals surface area contributed by atoms with Crippen LogP contribution in [0.5, 0.6) is 0 Å². The van der Waals surface area contributed by atoms with Crippen molar-refractivity contribution in [2.45, 2.75) is 18.9 Å². The quantitative estimate of drug-likeness (QED) is 0.902. The van der Waals surface area contributed by atoms with Crippen LogP contribution in [0.4, 0.5) is 19.3 Å². The number of likely N-dealkylation sites (N-methyl/N-ethyl adjacent to an activating group) is 1. The number of carboxylic acid groups (broad SMARTS) is 1. The average Bonchev–Trinajstić information content (AvgIpc) is 3.00. The number of hydrogen-bond donors (Lipinski definition) is 1. The fourth-order valence-electron chi connectivity index (χ4n) is 3.35. The molecule has 2 aromatic carbocycles. The first-order valence-electron chi connectivity index (χ1n) is 8.23. The molecule has 1 atom stereocenters. The van der Waals surface area contributed by atoms with E-state index in [1.165, 1.54) is 17.0 Å². The molecule has 0 aromatic heterocycles. The van der Waals surface area contributed by atoms with E-state index in [1.807, 2.05) is 7.05 Å². The van der Waals surface area contributed by atoms with Gasteiger partial charge in [0.2, 0.25) is 0 Å². The average molecular weight is 346 g/mol. The van der Waals surface area contributed by atoms with E-state index in [0.29, 0.717) is 17.8 Å². The second kappa shape index (κ2) is 7.19. The SMILES string of the molecule is CN1CCCC1CN(C(=O)O)c1ccccc1-c1cccc(F)c1F. The molecule has 3 rings (SSSR count). The van der Waals surface area contributed by atoms with Crippen molar-refractivity contribution in [1.29, 1.82) is 0 Å². The smallest absolute Gasteiger partial charge is 0.411 e. The summed E-state index contributed by atoms with van der Waals surface area (Å²) in [6, 6.07) is 10.7. The molecule has 1 unspecified atom stereocenters. The van der Waals surface area contributed by atoms with E-state index in [4.69, 9.17) is 0 Å². The van der Waals surface area contributed by atoms with Crippen LogP contribution in [0.25, 0.3) is 11.1 Å². The Labute approximate surface area is 145 Å². The van der Waals surface area contributed by atoms with E-state index in [1.54, 1.807) is 24.3 Å². The topological polar surface area (TPSA) is 43.8 Å². The van der Waals surface area contributed by atoms with E-state index >= 15 is 0 Å². The number of hydrogen-bond acceptors (Lipinski definition) is 2. The van der Waals surface area contributed by atoms with Gasteiger partial charge in [0.1, 0.15) is 0 Å². The van der Waals surface area contributed by atoms with Crippen molar-refractivity contribution >= 4 is 11.8 Å². The second-order valence-electron chi connectivity index (χ2n) is 6.29. The standard InChI is InChI=1S/C19H20F2N2O2/c1-22-11-5-6-13(22)12-23(19(24)25)17-10-3-2-7-14(17)15-8-4-9-16(20)18(15)21/h2-4,7-10,13H,5-6,11-12H2,1H3,(H,24,25). The first kappa shape index (κ1) is 17.4. The highest BCUT2D eigenvalue weighted by atomic mass is 19.2. The Kier molecular flexibility index (Phi) is 4.99. The summed E-state index contributed by atoms with van der Waals surface area (Å²) in [7, 11) is 1.97. The monoisotopic (exact) mass is 346 g/mol. The van der Waals surface area contributed by atoms with Crippen LogP contribution < -0.4 is 4.90 Å². The first-order chi connectivity index (χ1) is 12.0. The molecular weight excluding hydrogens is 326 g/mol. The third kappa shape index (κ3) is 3.49. The van der Waals surface area contributed by atoms with Gasteiger partial charge in [-0.2, -0.15) is 0 Å².